The molecule has 0 saturated carbocycles. The van der Waals surface area contributed by atoms with Crippen molar-refractivity contribution in [1.29, 1.82) is 0 Å². The lowest BCUT2D eigenvalue weighted by molar-refractivity contribution is 0.360. The van der Waals surface area contributed by atoms with Crippen LogP contribution in [0.5, 0.6) is 0 Å². The molecule has 0 fully saturated rings. The maximum atomic E-state index is 5.54. The fourth-order valence-electron chi connectivity index (χ4n) is 1.37. The topological polar surface area (TPSA) is 82.8 Å². The zero-order valence-corrected chi connectivity index (χ0v) is 9.42. The largest absolute Gasteiger partial charge is 0.339 e. The van der Waals surface area contributed by atoms with Crippen molar-refractivity contribution < 1.29 is 4.52 Å². The Kier molecular flexibility index (Phi) is 3.00. The maximum absolute atomic E-state index is 5.54. The summed E-state index contributed by atoms with van der Waals surface area (Å²) in [6.07, 6.45) is 4.27. The van der Waals surface area contributed by atoms with E-state index in [2.05, 4.69) is 15.2 Å². The van der Waals surface area contributed by atoms with E-state index in [-0.39, 0.29) is 0 Å². The third kappa shape index (κ3) is 2.27. The van der Waals surface area contributed by atoms with E-state index in [1.807, 2.05) is 20.2 Å². The average molecular weight is 221 g/mol. The first-order valence-electron chi connectivity index (χ1n) is 5.20. The molecule has 2 N–H and O–H groups in total. The van der Waals surface area contributed by atoms with Gasteiger partial charge in [0.2, 0.25) is 11.7 Å². The first kappa shape index (κ1) is 10.8. The lowest BCUT2D eigenvalue weighted by Crippen LogP contribution is -2.13. The van der Waals surface area contributed by atoms with E-state index in [1.54, 1.807) is 10.9 Å². The number of hydrogen-bond donors (Lipinski definition) is 1. The number of aromatic nitrogens is 4. The van der Waals surface area contributed by atoms with Crippen LogP contribution in [0.4, 0.5) is 0 Å². The van der Waals surface area contributed by atoms with Gasteiger partial charge in [-0.1, -0.05) is 12.1 Å². The smallest absolute Gasteiger partial charge is 0.227 e. The van der Waals surface area contributed by atoms with Crippen molar-refractivity contribution in [2.24, 2.45) is 18.7 Å². The van der Waals surface area contributed by atoms with E-state index in [1.165, 1.54) is 0 Å². The van der Waals surface area contributed by atoms with E-state index in [0.717, 1.165) is 5.56 Å². The number of aryl methyl sites for hydroxylation is 1. The van der Waals surface area contributed by atoms with Gasteiger partial charge >= 0.3 is 0 Å². The Morgan fingerprint density at radius 3 is 3.00 bits per heavy atom. The summed E-state index contributed by atoms with van der Waals surface area (Å²) in [6, 6.07) is 0. The molecule has 0 spiro atoms. The second-order valence-corrected chi connectivity index (χ2v) is 3.96. The summed E-state index contributed by atoms with van der Waals surface area (Å²) in [6.45, 7) is 2.67. The van der Waals surface area contributed by atoms with Gasteiger partial charge in [-0.25, -0.2) is 0 Å². The van der Waals surface area contributed by atoms with Crippen LogP contribution in [0.15, 0.2) is 16.9 Å². The quantitative estimate of drug-likeness (QED) is 0.817. The molecule has 1 atom stereocenters. The van der Waals surface area contributed by atoms with Crippen molar-refractivity contribution in [1.82, 2.24) is 19.9 Å². The van der Waals surface area contributed by atoms with Crippen LogP contribution in [0.1, 0.15) is 12.8 Å². The normalized spacial score (nSPS) is 12.9. The second-order valence-electron chi connectivity index (χ2n) is 3.96. The summed E-state index contributed by atoms with van der Waals surface area (Å²) < 4.78 is 6.85. The van der Waals surface area contributed by atoms with E-state index in [4.69, 9.17) is 10.3 Å². The first-order chi connectivity index (χ1) is 7.69. The van der Waals surface area contributed by atoms with Crippen molar-refractivity contribution >= 4 is 0 Å². The molecule has 2 aromatic rings. The summed E-state index contributed by atoms with van der Waals surface area (Å²) >= 11 is 0. The molecule has 0 bridgehead atoms. The molecular formula is C10H15N5O. The molecule has 6 heteroatoms. The summed E-state index contributed by atoms with van der Waals surface area (Å²) in [5.41, 5.74) is 6.40. The Hall–Kier alpha value is -1.69. The van der Waals surface area contributed by atoms with Gasteiger partial charge in [0.05, 0.1) is 11.8 Å². The van der Waals surface area contributed by atoms with E-state index in [0.29, 0.717) is 30.6 Å². The fraction of sp³-hybridized carbons (Fsp3) is 0.500. The molecule has 0 aliphatic heterocycles. The van der Waals surface area contributed by atoms with Gasteiger partial charge in [-0.2, -0.15) is 10.1 Å². The summed E-state index contributed by atoms with van der Waals surface area (Å²) in [5.74, 6) is 1.55. The molecule has 0 radical (unpaired) electrons. The molecule has 2 aromatic heterocycles. The van der Waals surface area contributed by atoms with Crippen LogP contribution in [0.25, 0.3) is 11.4 Å². The fourth-order valence-corrected chi connectivity index (χ4v) is 1.37. The molecule has 16 heavy (non-hydrogen) atoms. The van der Waals surface area contributed by atoms with E-state index < -0.39 is 0 Å². The third-order valence-electron chi connectivity index (χ3n) is 2.36. The Morgan fingerprint density at radius 1 is 1.56 bits per heavy atom. The van der Waals surface area contributed by atoms with Crippen molar-refractivity contribution in [3.05, 3.63) is 18.3 Å². The zero-order valence-electron chi connectivity index (χ0n) is 9.42. The van der Waals surface area contributed by atoms with Crippen molar-refractivity contribution in [2.75, 3.05) is 6.54 Å². The summed E-state index contributed by atoms with van der Waals surface area (Å²) in [5, 5.41) is 7.96. The SMILES string of the molecule is CC(CN)Cc1nc(-c2cnn(C)c2)no1. The minimum Gasteiger partial charge on any atom is -0.339 e. The zero-order chi connectivity index (χ0) is 11.5. The number of hydrogen-bond acceptors (Lipinski definition) is 5. The standard InChI is InChI=1S/C10H15N5O/c1-7(4-11)3-9-13-10(14-16-9)8-5-12-15(2)6-8/h5-7H,3-4,11H2,1-2H3. The molecule has 1 unspecified atom stereocenters. The molecule has 0 aromatic carbocycles. The van der Waals surface area contributed by atoms with Gasteiger partial charge in [-0.05, 0) is 12.5 Å². The molecule has 0 saturated heterocycles. The van der Waals surface area contributed by atoms with Gasteiger partial charge in [0, 0.05) is 19.7 Å². The summed E-state index contributed by atoms with van der Waals surface area (Å²) in [7, 11) is 1.85. The minimum atomic E-state index is 0.349. The molecule has 0 aliphatic rings. The Morgan fingerprint density at radius 2 is 2.38 bits per heavy atom. The number of nitrogens with two attached hydrogens (primary N) is 1. The maximum Gasteiger partial charge on any atom is 0.227 e. The molecule has 2 rings (SSSR count). The van der Waals surface area contributed by atoms with Crippen molar-refractivity contribution in [3.8, 4) is 11.4 Å². The lowest BCUT2D eigenvalue weighted by Gasteiger charge is -2.01. The van der Waals surface area contributed by atoms with Gasteiger partial charge < -0.3 is 10.3 Å². The predicted octanol–water partition coefficient (Wildman–Crippen LogP) is 0.607. The Bertz CT molecular complexity index is 461. The Labute approximate surface area is 93.4 Å². The average Bonchev–Trinajstić information content (AvgIpc) is 2.87. The van der Waals surface area contributed by atoms with Gasteiger partial charge in [-0.15, -0.1) is 0 Å². The minimum absolute atomic E-state index is 0.349. The summed E-state index contributed by atoms with van der Waals surface area (Å²) in [4.78, 5) is 4.30. The van der Waals surface area contributed by atoms with Gasteiger partial charge in [0.25, 0.3) is 0 Å². The van der Waals surface area contributed by atoms with Gasteiger partial charge in [-0.3, -0.25) is 4.68 Å². The van der Waals surface area contributed by atoms with E-state index >= 15 is 0 Å². The molecule has 2 heterocycles. The van der Waals surface area contributed by atoms with E-state index in [9.17, 15) is 0 Å². The molecule has 6 nitrogen and oxygen atoms in total. The second kappa shape index (κ2) is 4.44. The predicted molar refractivity (Wildman–Crippen MR) is 58.4 cm³/mol. The molecule has 0 amide bonds. The first-order valence-corrected chi connectivity index (χ1v) is 5.20. The van der Waals surface area contributed by atoms with Gasteiger partial charge in [0.1, 0.15) is 0 Å². The monoisotopic (exact) mass is 221 g/mol. The highest BCUT2D eigenvalue weighted by atomic mass is 16.5. The lowest BCUT2D eigenvalue weighted by atomic mass is 10.1. The van der Waals surface area contributed by atoms with Crippen LogP contribution in [-0.4, -0.2) is 26.5 Å². The molecular weight excluding hydrogens is 206 g/mol. The number of nitrogens with zero attached hydrogens (tertiary/aromatic N) is 4. The third-order valence-corrected chi connectivity index (χ3v) is 2.36. The van der Waals surface area contributed by atoms with Crippen LogP contribution in [0, 0.1) is 5.92 Å². The van der Waals surface area contributed by atoms with Crippen LogP contribution >= 0.6 is 0 Å². The van der Waals surface area contributed by atoms with Crippen LogP contribution < -0.4 is 5.73 Å². The highest BCUT2D eigenvalue weighted by Gasteiger charge is 2.12. The van der Waals surface area contributed by atoms with Crippen molar-refractivity contribution in [3.63, 3.8) is 0 Å². The molecule has 86 valence electrons. The van der Waals surface area contributed by atoms with Gasteiger partial charge in [0.15, 0.2) is 0 Å². The molecule has 0 aliphatic carbocycles. The highest BCUT2D eigenvalue weighted by Crippen LogP contribution is 2.15. The van der Waals surface area contributed by atoms with Crippen LogP contribution in [-0.2, 0) is 13.5 Å². The Balaban J connectivity index is 2.13. The number of rotatable bonds is 4. The van der Waals surface area contributed by atoms with Crippen LogP contribution in [0.2, 0.25) is 0 Å². The highest BCUT2D eigenvalue weighted by molar-refractivity contribution is 5.50. The van der Waals surface area contributed by atoms with Crippen molar-refractivity contribution in [2.45, 2.75) is 13.3 Å². The van der Waals surface area contributed by atoms with Crippen LogP contribution in [0.3, 0.4) is 0 Å².